The van der Waals surface area contributed by atoms with Crippen molar-refractivity contribution in [2.45, 2.75) is 0 Å². The van der Waals surface area contributed by atoms with Gasteiger partial charge in [0, 0.05) is 0 Å². The number of fused-ring (bicyclic) bond motifs is 1. The van der Waals surface area contributed by atoms with Crippen LogP contribution in [0.3, 0.4) is 0 Å². The third-order valence-electron chi connectivity index (χ3n) is 3.25. The summed E-state index contributed by atoms with van der Waals surface area (Å²) < 4.78 is 18.9. The third kappa shape index (κ3) is 3.57. The van der Waals surface area contributed by atoms with Gasteiger partial charge in [0.1, 0.15) is 29.1 Å². The largest absolute Gasteiger partial charge is 0.497 e. The number of benzene rings is 2. The zero-order chi connectivity index (χ0) is 16.1. The number of carbonyl (C=O) groups excluding carboxylic acids is 1. The number of carbonyl (C=O) groups is 1. The highest BCUT2D eigenvalue weighted by atomic mass is 32.1. The first-order valence-electron chi connectivity index (χ1n) is 7.04. The molecule has 1 N–H and O–H groups in total. The Morgan fingerprint density at radius 1 is 1.13 bits per heavy atom. The second kappa shape index (κ2) is 7.06. The lowest BCUT2D eigenvalue weighted by Gasteiger charge is -2.08. The van der Waals surface area contributed by atoms with Crippen molar-refractivity contribution in [1.82, 2.24) is 14.1 Å². The Hall–Kier alpha value is -2.67. The first-order valence-corrected chi connectivity index (χ1v) is 7.77. The zero-order valence-corrected chi connectivity index (χ0v) is 13.3. The van der Waals surface area contributed by atoms with E-state index in [0.29, 0.717) is 24.2 Å². The summed E-state index contributed by atoms with van der Waals surface area (Å²) in [4.78, 5) is 12.2. The van der Waals surface area contributed by atoms with Crippen LogP contribution in [0.5, 0.6) is 11.5 Å². The number of hydrogen-bond donors (Lipinski definition) is 1. The van der Waals surface area contributed by atoms with Gasteiger partial charge in [0.15, 0.2) is 0 Å². The van der Waals surface area contributed by atoms with Crippen LogP contribution in [0.15, 0.2) is 42.5 Å². The minimum atomic E-state index is -0.179. The maximum atomic E-state index is 12.2. The molecule has 1 heterocycles. The lowest BCUT2D eigenvalue weighted by Crippen LogP contribution is -2.28. The van der Waals surface area contributed by atoms with Gasteiger partial charge in [-0.1, -0.05) is 6.07 Å². The molecule has 0 aliphatic rings. The van der Waals surface area contributed by atoms with Gasteiger partial charge in [0.05, 0.1) is 30.9 Å². The van der Waals surface area contributed by atoms with Crippen LogP contribution in [0.2, 0.25) is 0 Å². The van der Waals surface area contributed by atoms with E-state index in [1.165, 1.54) is 0 Å². The predicted molar refractivity (Wildman–Crippen MR) is 88.2 cm³/mol. The summed E-state index contributed by atoms with van der Waals surface area (Å²) in [6.45, 7) is 0.780. The zero-order valence-electron chi connectivity index (χ0n) is 12.5. The van der Waals surface area contributed by atoms with Crippen LogP contribution in [0.4, 0.5) is 0 Å². The first kappa shape index (κ1) is 15.2. The summed E-state index contributed by atoms with van der Waals surface area (Å²) in [5, 5.41) is 2.82. The summed E-state index contributed by atoms with van der Waals surface area (Å²) in [6.07, 6.45) is 0. The summed E-state index contributed by atoms with van der Waals surface area (Å²) >= 11 is 1.10. The standard InChI is InChI=1S/C16H15N3O3S/c1-21-11-5-7-12(8-6-11)22-10-9-17-16(20)13-3-2-4-14-15(13)19-23-18-14/h2-8H,9-10H2,1H3,(H,17,20). The van der Waals surface area contributed by atoms with E-state index in [4.69, 9.17) is 9.47 Å². The molecular weight excluding hydrogens is 314 g/mol. The molecule has 0 saturated carbocycles. The maximum Gasteiger partial charge on any atom is 0.253 e. The van der Waals surface area contributed by atoms with Gasteiger partial charge in [-0.15, -0.1) is 0 Å². The molecule has 1 aromatic heterocycles. The Kier molecular flexibility index (Phi) is 4.68. The topological polar surface area (TPSA) is 73.3 Å². The van der Waals surface area contributed by atoms with Crippen molar-refractivity contribution in [3.8, 4) is 11.5 Å². The van der Waals surface area contributed by atoms with Gasteiger partial charge in [-0.25, -0.2) is 0 Å². The summed E-state index contributed by atoms with van der Waals surface area (Å²) in [5.41, 5.74) is 1.89. The Bertz CT molecular complexity index is 802. The van der Waals surface area contributed by atoms with E-state index in [1.54, 1.807) is 19.2 Å². The van der Waals surface area contributed by atoms with E-state index < -0.39 is 0 Å². The van der Waals surface area contributed by atoms with Gasteiger partial charge >= 0.3 is 0 Å². The fraction of sp³-hybridized carbons (Fsp3) is 0.188. The number of methoxy groups -OCH3 is 1. The predicted octanol–water partition coefficient (Wildman–Crippen LogP) is 2.51. The number of nitrogens with one attached hydrogen (secondary N) is 1. The average Bonchev–Trinajstić information content (AvgIpc) is 3.07. The molecular formula is C16H15N3O3S. The van der Waals surface area contributed by atoms with Gasteiger partial charge in [-0.3, -0.25) is 4.79 Å². The highest BCUT2D eigenvalue weighted by Gasteiger charge is 2.12. The summed E-state index contributed by atoms with van der Waals surface area (Å²) in [5.74, 6) is 1.32. The molecule has 3 rings (SSSR count). The first-order chi connectivity index (χ1) is 11.3. The molecule has 0 aliphatic heterocycles. The number of nitrogens with zero attached hydrogens (tertiary/aromatic N) is 2. The molecule has 2 aromatic carbocycles. The molecule has 7 heteroatoms. The van der Waals surface area contributed by atoms with Crippen LogP contribution in [0.25, 0.3) is 11.0 Å². The number of aromatic nitrogens is 2. The fourth-order valence-corrected chi connectivity index (χ4v) is 2.64. The van der Waals surface area contributed by atoms with Crippen LogP contribution in [-0.4, -0.2) is 34.9 Å². The lowest BCUT2D eigenvalue weighted by atomic mass is 10.1. The molecule has 0 bridgehead atoms. The van der Waals surface area contributed by atoms with E-state index in [9.17, 15) is 4.79 Å². The van der Waals surface area contributed by atoms with E-state index in [1.807, 2.05) is 30.3 Å². The molecule has 0 radical (unpaired) electrons. The van der Waals surface area contributed by atoms with Gasteiger partial charge in [0.25, 0.3) is 5.91 Å². The summed E-state index contributed by atoms with van der Waals surface area (Å²) in [7, 11) is 1.61. The molecule has 0 saturated heterocycles. The molecule has 0 atom stereocenters. The maximum absolute atomic E-state index is 12.2. The minimum Gasteiger partial charge on any atom is -0.497 e. The SMILES string of the molecule is COc1ccc(OCCNC(=O)c2cccc3nsnc23)cc1. The molecule has 1 amide bonds. The number of ether oxygens (including phenoxy) is 2. The van der Waals surface area contributed by atoms with Crippen molar-refractivity contribution < 1.29 is 14.3 Å². The minimum absolute atomic E-state index is 0.179. The van der Waals surface area contributed by atoms with Crippen LogP contribution in [-0.2, 0) is 0 Å². The third-order valence-corrected chi connectivity index (χ3v) is 3.79. The smallest absolute Gasteiger partial charge is 0.253 e. The average molecular weight is 329 g/mol. The normalized spacial score (nSPS) is 10.5. The molecule has 0 fully saturated rings. The monoisotopic (exact) mass is 329 g/mol. The van der Waals surface area contributed by atoms with E-state index in [2.05, 4.69) is 14.1 Å². The fourth-order valence-electron chi connectivity index (χ4n) is 2.09. The second-order valence-corrected chi connectivity index (χ2v) is 5.25. The van der Waals surface area contributed by atoms with E-state index in [-0.39, 0.29) is 5.91 Å². The van der Waals surface area contributed by atoms with Crippen LogP contribution >= 0.6 is 11.7 Å². The van der Waals surface area contributed by atoms with Crippen molar-refractivity contribution in [2.24, 2.45) is 0 Å². The Morgan fingerprint density at radius 3 is 2.70 bits per heavy atom. The van der Waals surface area contributed by atoms with Crippen molar-refractivity contribution >= 4 is 28.7 Å². The van der Waals surface area contributed by atoms with Crippen molar-refractivity contribution in [1.29, 1.82) is 0 Å². The Morgan fingerprint density at radius 2 is 1.91 bits per heavy atom. The van der Waals surface area contributed by atoms with Gasteiger partial charge in [-0.2, -0.15) is 8.75 Å². The van der Waals surface area contributed by atoms with Crippen molar-refractivity contribution in [3.63, 3.8) is 0 Å². The highest BCUT2D eigenvalue weighted by Crippen LogP contribution is 2.17. The van der Waals surface area contributed by atoms with Crippen LogP contribution in [0, 0.1) is 0 Å². The molecule has 6 nitrogen and oxygen atoms in total. The molecule has 0 unspecified atom stereocenters. The van der Waals surface area contributed by atoms with Crippen LogP contribution < -0.4 is 14.8 Å². The molecule has 23 heavy (non-hydrogen) atoms. The number of hydrogen-bond acceptors (Lipinski definition) is 6. The van der Waals surface area contributed by atoms with Gasteiger partial charge < -0.3 is 14.8 Å². The number of amides is 1. The van der Waals surface area contributed by atoms with Crippen molar-refractivity contribution in [3.05, 3.63) is 48.0 Å². The van der Waals surface area contributed by atoms with Crippen LogP contribution in [0.1, 0.15) is 10.4 Å². The van der Waals surface area contributed by atoms with Gasteiger partial charge in [-0.05, 0) is 36.4 Å². The Labute approximate surface area is 137 Å². The second-order valence-electron chi connectivity index (χ2n) is 4.72. The molecule has 0 spiro atoms. The highest BCUT2D eigenvalue weighted by molar-refractivity contribution is 7.00. The summed E-state index contributed by atoms with van der Waals surface area (Å²) in [6, 6.07) is 12.7. The molecule has 3 aromatic rings. The van der Waals surface area contributed by atoms with Crippen molar-refractivity contribution in [2.75, 3.05) is 20.3 Å². The lowest BCUT2D eigenvalue weighted by molar-refractivity contribution is 0.0948. The van der Waals surface area contributed by atoms with E-state index in [0.717, 1.165) is 28.7 Å². The Balaban J connectivity index is 1.52. The van der Waals surface area contributed by atoms with Gasteiger partial charge in [0.2, 0.25) is 0 Å². The quantitative estimate of drug-likeness (QED) is 0.704. The molecule has 0 aliphatic carbocycles. The van der Waals surface area contributed by atoms with E-state index >= 15 is 0 Å². The molecule has 118 valence electrons. The number of rotatable bonds is 6.